The summed E-state index contributed by atoms with van der Waals surface area (Å²) in [7, 11) is 1.93. The lowest BCUT2D eigenvalue weighted by atomic mass is 10.1. The van der Waals surface area contributed by atoms with E-state index >= 15 is 0 Å². The average Bonchev–Trinajstić information content (AvgIpc) is 2.94. The van der Waals surface area contributed by atoms with Crippen LogP contribution in [0, 0.1) is 0 Å². The number of nitrogens with one attached hydrogen (secondary N) is 7. The van der Waals surface area contributed by atoms with Crippen molar-refractivity contribution in [3.05, 3.63) is 0 Å². The van der Waals surface area contributed by atoms with Crippen LogP contribution in [0.25, 0.3) is 0 Å². The molecule has 2 amide bonds. The molecule has 232 valence electrons. The van der Waals surface area contributed by atoms with E-state index in [2.05, 4.69) is 37.2 Å². The largest absolute Gasteiger partial charge is 0.355 e. The van der Waals surface area contributed by atoms with Crippen molar-refractivity contribution in [2.75, 3.05) is 85.6 Å². The van der Waals surface area contributed by atoms with Crippen LogP contribution < -0.4 is 54.4 Å². The summed E-state index contributed by atoms with van der Waals surface area (Å²) in [5.41, 5.74) is 16.7. The van der Waals surface area contributed by atoms with E-state index in [0.29, 0.717) is 32.7 Å². The van der Waals surface area contributed by atoms with Crippen LogP contribution in [-0.4, -0.2) is 109 Å². The molecule has 0 aromatic rings. The van der Waals surface area contributed by atoms with Gasteiger partial charge in [0.1, 0.15) is 0 Å². The van der Waals surface area contributed by atoms with Gasteiger partial charge in [0.2, 0.25) is 11.8 Å². The fourth-order valence-electron chi connectivity index (χ4n) is 4.06. The van der Waals surface area contributed by atoms with Gasteiger partial charge in [-0.2, -0.15) is 0 Å². The van der Waals surface area contributed by atoms with Gasteiger partial charge in [0.25, 0.3) is 0 Å². The molecule has 0 fully saturated rings. The van der Waals surface area contributed by atoms with Gasteiger partial charge in [-0.3, -0.25) is 9.59 Å². The van der Waals surface area contributed by atoms with Crippen molar-refractivity contribution >= 4 is 11.8 Å². The highest BCUT2D eigenvalue weighted by molar-refractivity contribution is 5.82. The molecule has 0 heterocycles. The molecule has 0 saturated heterocycles. The van der Waals surface area contributed by atoms with Crippen LogP contribution >= 0.6 is 0 Å². The van der Waals surface area contributed by atoms with E-state index in [9.17, 15) is 9.59 Å². The highest BCUT2D eigenvalue weighted by Crippen LogP contribution is 2.00. The molecule has 0 aliphatic rings. The van der Waals surface area contributed by atoms with Gasteiger partial charge in [-0.05, 0) is 137 Å². The normalized spacial score (nSPS) is 12.8. The van der Waals surface area contributed by atoms with E-state index in [1.54, 1.807) is 0 Å². The number of nitrogens with two attached hydrogens (primary N) is 3. The minimum absolute atomic E-state index is 0.0314. The topological polar surface area (TPSA) is 196 Å². The minimum atomic E-state index is -0.216. The van der Waals surface area contributed by atoms with E-state index in [0.717, 1.165) is 110 Å². The fourth-order valence-corrected chi connectivity index (χ4v) is 4.06. The van der Waals surface area contributed by atoms with Crippen LogP contribution in [-0.2, 0) is 9.59 Å². The zero-order valence-electron chi connectivity index (χ0n) is 24.8. The van der Waals surface area contributed by atoms with Crippen molar-refractivity contribution in [2.24, 2.45) is 17.2 Å². The maximum Gasteiger partial charge on any atom is 0.237 e. The zero-order chi connectivity index (χ0) is 28.8. The quantitative estimate of drug-likeness (QED) is 0.0454. The summed E-state index contributed by atoms with van der Waals surface area (Å²) in [6.07, 6.45) is 8.77. The van der Waals surface area contributed by atoms with Crippen molar-refractivity contribution in [3.63, 3.8) is 0 Å². The van der Waals surface area contributed by atoms with Crippen molar-refractivity contribution in [1.29, 1.82) is 0 Å². The second-order valence-corrected chi connectivity index (χ2v) is 9.97. The number of carbonyl (C=O) groups excluding carboxylic acids is 2. The smallest absolute Gasteiger partial charge is 0.237 e. The van der Waals surface area contributed by atoms with E-state index in [1.165, 1.54) is 0 Å². The summed E-state index contributed by atoms with van der Waals surface area (Å²) in [5.74, 6) is 0.0820. The molecule has 0 radical (unpaired) electrons. The zero-order valence-corrected chi connectivity index (χ0v) is 24.8. The molecule has 39 heavy (non-hydrogen) atoms. The van der Waals surface area contributed by atoms with Crippen LogP contribution in [0.3, 0.4) is 0 Å². The molecule has 0 bridgehead atoms. The van der Waals surface area contributed by atoms with Crippen LogP contribution in [0.15, 0.2) is 0 Å². The highest BCUT2D eigenvalue weighted by atomic mass is 16.2. The van der Waals surface area contributed by atoms with Gasteiger partial charge in [0.15, 0.2) is 0 Å². The van der Waals surface area contributed by atoms with Gasteiger partial charge < -0.3 is 54.4 Å². The monoisotopic (exact) mass is 559 g/mol. The average molecular weight is 559 g/mol. The Kier molecular flexibility index (Phi) is 28.6. The van der Waals surface area contributed by atoms with E-state index in [-0.39, 0.29) is 23.9 Å². The fraction of sp³-hybridized carbons (Fsp3) is 0.926. The number of unbranched alkanes of at least 4 members (excludes halogenated alkanes) is 1. The molecule has 2 atom stereocenters. The van der Waals surface area contributed by atoms with Gasteiger partial charge in [0, 0.05) is 13.1 Å². The molecular formula is C27H62N10O2. The standard InChI is InChI=1S/C27H62N10O2/c1-31-15-9-23-35-25(11-5-17-33-19-7-13-29)27(39)37-21-3-2-20-36-26(38)24(34-22-8-14-30)10-4-16-32-18-6-12-28/h24-25,31-35H,2-23,28-30H2,1H3,(H,36,38)(H,37,39). The lowest BCUT2D eigenvalue weighted by molar-refractivity contribution is -0.124. The van der Waals surface area contributed by atoms with Gasteiger partial charge in [0.05, 0.1) is 12.1 Å². The number of hydrogen-bond donors (Lipinski definition) is 10. The highest BCUT2D eigenvalue weighted by Gasteiger charge is 2.18. The Morgan fingerprint density at radius 1 is 0.513 bits per heavy atom. The molecule has 0 saturated carbocycles. The first-order chi connectivity index (χ1) is 19.1. The summed E-state index contributed by atoms with van der Waals surface area (Å²) < 4.78 is 0. The molecule has 0 rings (SSSR count). The summed E-state index contributed by atoms with van der Waals surface area (Å²) in [6.45, 7) is 9.20. The van der Waals surface area contributed by atoms with Crippen LogP contribution in [0.5, 0.6) is 0 Å². The maximum absolute atomic E-state index is 12.8. The first kappa shape index (κ1) is 37.6. The van der Waals surface area contributed by atoms with E-state index in [4.69, 9.17) is 17.2 Å². The summed E-state index contributed by atoms with van der Waals surface area (Å²) >= 11 is 0. The Morgan fingerprint density at radius 2 is 0.923 bits per heavy atom. The number of amides is 2. The first-order valence-electron chi connectivity index (χ1n) is 15.3. The summed E-state index contributed by atoms with van der Waals surface area (Å²) in [6, 6.07) is -0.407. The van der Waals surface area contributed by atoms with Gasteiger partial charge >= 0.3 is 0 Å². The molecule has 0 aromatic carbocycles. The Balaban J connectivity index is 4.29. The number of rotatable bonds is 30. The van der Waals surface area contributed by atoms with Gasteiger partial charge in [-0.25, -0.2) is 0 Å². The lowest BCUT2D eigenvalue weighted by Crippen LogP contribution is -2.46. The lowest BCUT2D eigenvalue weighted by Gasteiger charge is -2.19. The molecular weight excluding hydrogens is 496 g/mol. The third-order valence-electron chi connectivity index (χ3n) is 6.41. The van der Waals surface area contributed by atoms with E-state index in [1.807, 2.05) is 7.05 Å². The molecule has 0 spiro atoms. The Bertz CT molecular complexity index is 557. The minimum Gasteiger partial charge on any atom is -0.355 e. The molecule has 0 aromatic heterocycles. The predicted molar refractivity (Wildman–Crippen MR) is 163 cm³/mol. The Hall–Kier alpha value is -1.38. The van der Waals surface area contributed by atoms with Crippen LogP contribution in [0.1, 0.15) is 64.2 Å². The third kappa shape index (κ3) is 24.2. The van der Waals surface area contributed by atoms with Crippen molar-refractivity contribution in [2.45, 2.75) is 76.3 Å². The Morgan fingerprint density at radius 3 is 1.36 bits per heavy atom. The van der Waals surface area contributed by atoms with Crippen molar-refractivity contribution in [3.8, 4) is 0 Å². The van der Waals surface area contributed by atoms with Crippen molar-refractivity contribution < 1.29 is 9.59 Å². The Labute approximate surface area is 237 Å². The first-order valence-corrected chi connectivity index (χ1v) is 15.3. The molecule has 12 nitrogen and oxygen atoms in total. The molecule has 12 heteroatoms. The SMILES string of the molecule is CNCCCNC(CCCNCCCN)C(=O)NCCCCNC(=O)C(CCCNCCCN)NCCCN. The molecule has 0 aliphatic heterocycles. The predicted octanol–water partition coefficient (Wildman–Crippen LogP) is -1.69. The third-order valence-corrected chi connectivity index (χ3v) is 6.41. The van der Waals surface area contributed by atoms with Crippen molar-refractivity contribution in [1.82, 2.24) is 37.2 Å². The van der Waals surface area contributed by atoms with Gasteiger partial charge in [-0.1, -0.05) is 0 Å². The van der Waals surface area contributed by atoms with Crippen LogP contribution in [0.4, 0.5) is 0 Å². The maximum atomic E-state index is 12.8. The number of hydrogen-bond acceptors (Lipinski definition) is 10. The van der Waals surface area contributed by atoms with Gasteiger partial charge in [-0.15, -0.1) is 0 Å². The molecule has 13 N–H and O–H groups in total. The second-order valence-electron chi connectivity index (χ2n) is 9.97. The second kappa shape index (κ2) is 29.6. The molecule has 0 aliphatic carbocycles. The summed E-state index contributed by atoms with van der Waals surface area (Å²) in [4.78, 5) is 25.5. The molecule has 2 unspecified atom stereocenters. The summed E-state index contributed by atoms with van der Waals surface area (Å²) in [5, 5.41) is 22.7. The number of carbonyl (C=O) groups is 2. The van der Waals surface area contributed by atoms with Crippen LogP contribution in [0.2, 0.25) is 0 Å². The van der Waals surface area contributed by atoms with E-state index < -0.39 is 0 Å².